The molecule has 1 saturated heterocycles. The first-order valence-corrected chi connectivity index (χ1v) is 9.01. The van der Waals surface area contributed by atoms with E-state index in [0.717, 1.165) is 12.0 Å². The van der Waals surface area contributed by atoms with E-state index in [-0.39, 0.29) is 17.2 Å². The first-order valence-electron chi connectivity index (χ1n) is 7.75. The van der Waals surface area contributed by atoms with Crippen molar-refractivity contribution in [2.24, 2.45) is 0 Å². The Morgan fingerprint density at radius 2 is 2.33 bits per heavy atom. The minimum Gasteiger partial charge on any atom is -0.370 e. The second-order valence-electron chi connectivity index (χ2n) is 5.54. The van der Waals surface area contributed by atoms with Crippen LogP contribution in [0.15, 0.2) is 35.7 Å². The van der Waals surface area contributed by atoms with E-state index in [2.05, 4.69) is 11.4 Å². The molecule has 1 aromatic heterocycles. The number of benzene rings is 1. The summed E-state index contributed by atoms with van der Waals surface area (Å²) in [6.07, 6.45) is 0.532. The molecule has 24 heavy (non-hydrogen) atoms. The summed E-state index contributed by atoms with van der Waals surface area (Å²) < 4.78 is 19.0. The highest BCUT2D eigenvalue weighted by atomic mass is 35.5. The van der Waals surface area contributed by atoms with Crippen molar-refractivity contribution in [2.75, 3.05) is 26.2 Å². The Morgan fingerprint density at radius 3 is 3.08 bits per heavy atom. The molecule has 1 aliphatic rings. The first kappa shape index (κ1) is 17.2. The van der Waals surface area contributed by atoms with Gasteiger partial charge in [0, 0.05) is 18.0 Å². The van der Waals surface area contributed by atoms with Crippen molar-refractivity contribution in [3.8, 4) is 0 Å². The third-order valence-electron chi connectivity index (χ3n) is 3.90. The molecule has 3 rings (SSSR count). The maximum atomic E-state index is 13.3. The smallest absolute Gasteiger partial charge is 0.317 e. The van der Waals surface area contributed by atoms with Gasteiger partial charge in [-0.2, -0.15) is 0 Å². The fourth-order valence-corrected chi connectivity index (χ4v) is 3.51. The zero-order chi connectivity index (χ0) is 16.9. The summed E-state index contributed by atoms with van der Waals surface area (Å²) in [7, 11) is 0. The Kier molecular flexibility index (Phi) is 5.71. The van der Waals surface area contributed by atoms with E-state index in [0.29, 0.717) is 26.2 Å². The second-order valence-corrected chi connectivity index (χ2v) is 6.98. The molecule has 0 aliphatic carbocycles. The SMILES string of the molecule is O=C(NCCc1cccs1)N1CCO[C@H](c2ccc(F)c(Cl)c2)C1. The van der Waals surface area contributed by atoms with Gasteiger partial charge in [-0.25, -0.2) is 9.18 Å². The van der Waals surface area contributed by atoms with Crippen LogP contribution in [0.3, 0.4) is 0 Å². The molecule has 0 spiro atoms. The van der Waals surface area contributed by atoms with Crippen LogP contribution in [0.5, 0.6) is 0 Å². The Labute approximate surface area is 149 Å². The lowest BCUT2D eigenvalue weighted by Crippen LogP contribution is -2.47. The lowest BCUT2D eigenvalue weighted by Gasteiger charge is -2.33. The van der Waals surface area contributed by atoms with E-state index in [1.165, 1.54) is 10.9 Å². The van der Waals surface area contributed by atoms with Gasteiger partial charge in [0.2, 0.25) is 0 Å². The van der Waals surface area contributed by atoms with Crippen LogP contribution in [0, 0.1) is 5.82 Å². The van der Waals surface area contributed by atoms with Gasteiger partial charge in [-0.05, 0) is 35.6 Å². The average Bonchev–Trinajstić information content (AvgIpc) is 3.11. The van der Waals surface area contributed by atoms with Crippen molar-refractivity contribution < 1.29 is 13.9 Å². The van der Waals surface area contributed by atoms with Crippen LogP contribution in [0.1, 0.15) is 16.5 Å². The zero-order valence-electron chi connectivity index (χ0n) is 13.0. The molecule has 7 heteroatoms. The third-order valence-corrected chi connectivity index (χ3v) is 5.12. The number of thiophene rings is 1. The second kappa shape index (κ2) is 7.96. The molecule has 1 aliphatic heterocycles. The summed E-state index contributed by atoms with van der Waals surface area (Å²) in [5.41, 5.74) is 0.775. The molecule has 2 aromatic rings. The van der Waals surface area contributed by atoms with E-state index in [1.807, 2.05) is 11.4 Å². The molecule has 2 amide bonds. The number of nitrogens with zero attached hydrogens (tertiary/aromatic N) is 1. The molecule has 128 valence electrons. The number of carbonyl (C=O) groups excluding carboxylic acids is 1. The monoisotopic (exact) mass is 368 g/mol. The maximum absolute atomic E-state index is 13.3. The molecule has 0 saturated carbocycles. The van der Waals surface area contributed by atoms with Crippen molar-refractivity contribution in [3.05, 3.63) is 57.0 Å². The fraction of sp³-hybridized carbons (Fsp3) is 0.353. The van der Waals surface area contributed by atoms with Gasteiger partial charge < -0.3 is 15.0 Å². The van der Waals surface area contributed by atoms with Crippen LogP contribution in [-0.4, -0.2) is 37.2 Å². The van der Waals surface area contributed by atoms with Gasteiger partial charge in [-0.1, -0.05) is 23.7 Å². The molecular weight excluding hydrogens is 351 g/mol. The zero-order valence-corrected chi connectivity index (χ0v) is 14.6. The van der Waals surface area contributed by atoms with E-state index in [9.17, 15) is 9.18 Å². The molecular formula is C17H18ClFN2O2S. The van der Waals surface area contributed by atoms with Gasteiger partial charge in [-0.3, -0.25) is 0 Å². The van der Waals surface area contributed by atoms with Gasteiger partial charge in [0.25, 0.3) is 0 Å². The minimum absolute atomic E-state index is 0.0635. The third kappa shape index (κ3) is 4.26. The van der Waals surface area contributed by atoms with Crippen LogP contribution in [-0.2, 0) is 11.2 Å². The summed E-state index contributed by atoms with van der Waals surface area (Å²) in [5, 5.41) is 5.02. The van der Waals surface area contributed by atoms with Gasteiger partial charge in [0.1, 0.15) is 11.9 Å². The average molecular weight is 369 g/mol. The van der Waals surface area contributed by atoms with Gasteiger partial charge >= 0.3 is 6.03 Å². The fourth-order valence-electron chi connectivity index (χ4n) is 2.61. The summed E-state index contributed by atoms with van der Waals surface area (Å²) in [6.45, 7) is 2.00. The normalized spacial score (nSPS) is 17.8. The van der Waals surface area contributed by atoms with Crippen molar-refractivity contribution in [1.29, 1.82) is 0 Å². The van der Waals surface area contributed by atoms with Crippen molar-refractivity contribution in [2.45, 2.75) is 12.5 Å². The Hall–Kier alpha value is -1.63. The van der Waals surface area contributed by atoms with Crippen molar-refractivity contribution in [1.82, 2.24) is 10.2 Å². The molecule has 2 heterocycles. The molecule has 1 fully saturated rings. The highest BCUT2D eigenvalue weighted by Gasteiger charge is 2.25. The predicted octanol–water partition coefficient (Wildman–Crippen LogP) is 3.87. The van der Waals surface area contributed by atoms with E-state index < -0.39 is 5.82 Å². The number of amides is 2. The highest BCUT2D eigenvalue weighted by Crippen LogP contribution is 2.26. The summed E-state index contributed by atoms with van der Waals surface area (Å²) >= 11 is 7.51. The first-order chi connectivity index (χ1) is 11.6. The number of hydrogen-bond donors (Lipinski definition) is 1. The van der Waals surface area contributed by atoms with Crippen LogP contribution < -0.4 is 5.32 Å². The van der Waals surface area contributed by atoms with E-state index >= 15 is 0 Å². The lowest BCUT2D eigenvalue weighted by atomic mass is 10.1. The van der Waals surface area contributed by atoms with Crippen LogP contribution in [0.4, 0.5) is 9.18 Å². The van der Waals surface area contributed by atoms with Gasteiger partial charge in [-0.15, -0.1) is 11.3 Å². The summed E-state index contributed by atoms with van der Waals surface area (Å²) in [6, 6.07) is 8.47. The Balaban J connectivity index is 1.54. The maximum Gasteiger partial charge on any atom is 0.317 e. The van der Waals surface area contributed by atoms with Crippen molar-refractivity contribution in [3.63, 3.8) is 0 Å². The summed E-state index contributed by atoms with van der Waals surface area (Å²) in [4.78, 5) is 15.3. The van der Waals surface area contributed by atoms with E-state index in [4.69, 9.17) is 16.3 Å². The predicted molar refractivity (Wildman–Crippen MR) is 93.1 cm³/mol. The number of ether oxygens (including phenoxy) is 1. The number of halogens is 2. The number of urea groups is 1. The minimum atomic E-state index is -0.459. The number of carbonyl (C=O) groups is 1. The number of nitrogens with one attached hydrogen (secondary N) is 1. The molecule has 1 N–H and O–H groups in total. The van der Waals surface area contributed by atoms with Crippen LogP contribution in [0.2, 0.25) is 5.02 Å². The molecule has 1 aromatic carbocycles. The van der Waals surface area contributed by atoms with Crippen LogP contribution >= 0.6 is 22.9 Å². The Bertz CT molecular complexity index is 696. The number of hydrogen-bond acceptors (Lipinski definition) is 3. The topological polar surface area (TPSA) is 41.6 Å². The molecule has 0 bridgehead atoms. The van der Waals surface area contributed by atoms with Gasteiger partial charge in [0.15, 0.2) is 0 Å². The van der Waals surface area contributed by atoms with Crippen LogP contribution in [0.25, 0.3) is 0 Å². The van der Waals surface area contributed by atoms with Crippen molar-refractivity contribution >= 4 is 29.0 Å². The number of morpholine rings is 1. The standard InChI is InChI=1S/C17H18ClFN2O2S/c18-14-10-12(3-4-15(14)19)16-11-21(7-8-23-16)17(22)20-6-5-13-2-1-9-24-13/h1-4,9-10,16H,5-8,11H2,(H,20,22)/t16-/m0/s1. The van der Waals surface area contributed by atoms with Gasteiger partial charge in [0.05, 0.1) is 18.2 Å². The number of rotatable bonds is 4. The highest BCUT2D eigenvalue weighted by molar-refractivity contribution is 7.09. The largest absolute Gasteiger partial charge is 0.370 e. The molecule has 4 nitrogen and oxygen atoms in total. The molecule has 0 radical (unpaired) electrons. The quantitative estimate of drug-likeness (QED) is 0.890. The summed E-state index contributed by atoms with van der Waals surface area (Å²) in [5.74, 6) is -0.459. The lowest BCUT2D eigenvalue weighted by molar-refractivity contribution is -0.0154. The molecule has 1 atom stereocenters. The Morgan fingerprint density at radius 1 is 1.46 bits per heavy atom. The molecule has 0 unspecified atom stereocenters. The van der Waals surface area contributed by atoms with E-state index in [1.54, 1.807) is 28.4 Å².